The number of aliphatic hydroxyl groups is 1. The molecule has 6 nitrogen and oxygen atoms in total. The van der Waals surface area contributed by atoms with E-state index < -0.39 is 17.8 Å². The Labute approximate surface area is 133 Å². The maximum Gasteiger partial charge on any atom is 0.431 e. The highest BCUT2D eigenvalue weighted by Crippen LogP contribution is 2.23. The monoisotopic (exact) mass is 324 g/mol. The molecule has 1 aromatic heterocycles. The van der Waals surface area contributed by atoms with E-state index in [1.165, 1.54) is 0 Å². The molecule has 1 unspecified atom stereocenters. The molecule has 22 heavy (non-hydrogen) atoms. The smallest absolute Gasteiger partial charge is 0.431 e. The maximum atomic E-state index is 11.4. The molecule has 0 bridgehead atoms. The number of carbonyl (C=O) groups is 1. The van der Waals surface area contributed by atoms with E-state index in [0.29, 0.717) is 6.42 Å². The van der Waals surface area contributed by atoms with Gasteiger partial charge in [0.15, 0.2) is 0 Å². The number of amides is 1. The van der Waals surface area contributed by atoms with E-state index in [-0.39, 0.29) is 6.61 Å². The predicted octanol–water partition coefficient (Wildman–Crippen LogP) is 3.18. The Bertz CT molecular complexity index is 636. The van der Waals surface area contributed by atoms with Gasteiger partial charge in [-0.1, -0.05) is 6.07 Å². The predicted molar refractivity (Wildman–Crippen MR) is 84.5 cm³/mol. The van der Waals surface area contributed by atoms with Gasteiger partial charge in [-0.15, -0.1) is 11.3 Å². The van der Waals surface area contributed by atoms with Crippen LogP contribution in [0.1, 0.15) is 38.9 Å². The number of carbonyl (C=O) groups excluding carboxylic acids is 1. The standard InChI is InChI=1S/C15H20N2O4S/c1-15(2,3)21-14(19)17-20-7-6-12(18)10-4-5-13-11(8-10)16-9-22-13/h4-5,8-9,12,18H,6-7H2,1-3H3,(H,17,19). The molecule has 2 rings (SSSR count). The molecule has 0 aliphatic rings. The van der Waals surface area contributed by atoms with Gasteiger partial charge < -0.3 is 9.84 Å². The topological polar surface area (TPSA) is 80.7 Å². The third-order valence-corrected chi connectivity index (χ3v) is 3.60. The summed E-state index contributed by atoms with van der Waals surface area (Å²) in [4.78, 5) is 20.6. The summed E-state index contributed by atoms with van der Waals surface area (Å²) in [7, 11) is 0. The number of hydrogen-bond acceptors (Lipinski definition) is 6. The number of ether oxygens (including phenoxy) is 1. The van der Waals surface area contributed by atoms with Gasteiger partial charge in [0.2, 0.25) is 0 Å². The summed E-state index contributed by atoms with van der Waals surface area (Å²) in [6, 6.07) is 5.66. The normalized spacial score (nSPS) is 13.1. The lowest BCUT2D eigenvalue weighted by molar-refractivity contribution is -0.0161. The van der Waals surface area contributed by atoms with Crippen LogP contribution < -0.4 is 5.48 Å². The zero-order chi connectivity index (χ0) is 16.2. The number of rotatable bonds is 5. The van der Waals surface area contributed by atoms with E-state index in [1.54, 1.807) is 37.6 Å². The van der Waals surface area contributed by atoms with E-state index in [4.69, 9.17) is 9.57 Å². The number of benzene rings is 1. The Morgan fingerprint density at radius 1 is 1.45 bits per heavy atom. The quantitative estimate of drug-likeness (QED) is 0.652. The van der Waals surface area contributed by atoms with Crippen LogP contribution in [0, 0.1) is 0 Å². The molecule has 2 N–H and O–H groups in total. The number of fused-ring (bicyclic) bond motifs is 1. The number of hydrogen-bond donors (Lipinski definition) is 2. The van der Waals surface area contributed by atoms with E-state index in [1.807, 2.05) is 18.2 Å². The fourth-order valence-electron chi connectivity index (χ4n) is 1.83. The first-order valence-corrected chi connectivity index (χ1v) is 7.85. The highest BCUT2D eigenvalue weighted by atomic mass is 32.1. The van der Waals surface area contributed by atoms with Gasteiger partial charge >= 0.3 is 6.09 Å². The van der Waals surface area contributed by atoms with E-state index >= 15 is 0 Å². The van der Waals surface area contributed by atoms with Crippen molar-refractivity contribution >= 4 is 27.6 Å². The fourth-order valence-corrected chi connectivity index (χ4v) is 2.49. The molecule has 0 saturated heterocycles. The molecular weight excluding hydrogens is 304 g/mol. The van der Waals surface area contributed by atoms with Gasteiger partial charge in [0.05, 0.1) is 28.4 Å². The van der Waals surface area contributed by atoms with Crippen molar-refractivity contribution in [2.24, 2.45) is 0 Å². The van der Waals surface area contributed by atoms with Crippen LogP contribution in [0.25, 0.3) is 10.2 Å². The van der Waals surface area contributed by atoms with Gasteiger partial charge in [0.1, 0.15) is 5.60 Å². The average Bonchev–Trinajstić information content (AvgIpc) is 2.88. The zero-order valence-electron chi connectivity index (χ0n) is 12.8. The van der Waals surface area contributed by atoms with Crippen molar-refractivity contribution in [1.29, 1.82) is 0 Å². The lowest BCUT2D eigenvalue weighted by atomic mass is 10.1. The summed E-state index contributed by atoms with van der Waals surface area (Å²) in [5.74, 6) is 0. The van der Waals surface area contributed by atoms with Crippen LogP contribution in [0.2, 0.25) is 0 Å². The Morgan fingerprint density at radius 3 is 2.95 bits per heavy atom. The van der Waals surface area contributed by atoms with Crippen molar-refractivity contribution < 1.29 is 19.5 Å². The number of nitrogens with one attached hydrogen (secondary N) is 1. The van der Waals surface area contributed by atoms with Crippen molar-refractivity contribution in [3.63, 3.8) is 0 Å². The summed E-state index contributed by atoms with van der Waals surface area (Å²) in [6.45, 7) is 5.48. The van der Waals surface area contributed by atoms with Crippen LogP contribution >= 0.6 is 11.3 Å². The van der Waals surface area contributed by atoms with Gasteiger partial charge in [-0.2, -0.15) is 5.48 Å². The first kappa shape index (κ1) is 16.7. The second-order valence-corrected chi connectivity index (χ2v) is 6.72. The summed E-state index contributed by atoms with van der Waals surface area (Å²) >= 11 is 1.56. The molecule has 0 fully saturated rings. The van der Waals surface area contributed by atoms with Gasteiger partial charge in [0.25, 0.3) is 0 Å². The summed E-state index contributed by atoms with van der Waals surface area (Å²) in [5, 5.41) is 10.1. The first-order chi connectivity index (χ1) is 10.3. The van der Waals surface area contributed by atoms with Gasteiger partial charge in [-0.3, -0.25) is 4.84 Å². The number of aromatic nitrogens is 1. The van der Waals surface area contributed by atoms with Gasteiger partial charge in [0, 0.05) is 6.42 Å². The maximum absolute atomic E-state index is 11.4. The number of thiazole rings is 1. The highest BCUT2D eigenvalue weighted by Gasteiger charge is 2.16. The Hall–Kier alpha value is -1.70. The third kappa shape index (κ3) is 4.94. The molecule has 2 aromatic rings. The average molecular weight is 324 g/mol. The number of nitrogens with zero attached hydrogens (tertiary/aromatic N) is 1. The minimum Gasteiger partial charge on any atom is -0.442 e. The molecule has 7 heteroatoms. The van der Waals surface area contributed by atoms with Crippen molar-refractivity contribution in [2.45, 2.75) is 38.9 Å². The Kier molecular flexibility index (Phi) is 5.33. The van der Waals surface area contributed by atoms with Crippen molar-refractivity contribution in [2.75, 3.05) is 6.61 Å². The molecular formula is C15H20N2O4S. The minimum absolute atomic E-state index is 0.176. The van der Waals surface area contributed by atoms with Crippen molar-refractivity contribution in [3.05, 3.63) is 29.3 Å². The molecule has 0 radical (unpaired) electrons. The number of hydroxylamine groups is 1. The Balaban J connectivity index is 1.75. The van der Waals surface area contributed by atoms with E-state index in [9.17, 15) is 9.90 Å². The molecule has 1 aromatic carbocycles. The molecule has 0 spiro atoms. The van der Waals surface area contributed by atoms with Crippen LogP contribution in [0.15, 0.2) is 23.7 Å². The molecule has 0 aliphatic carbocycles. The Morgan fingerprint density at radius 2 is 2.23 bits per heavy atom. The minimum atomic E-state index is -0.675. The lowest BCUT2D eigenvalue weighted by Crippen LogP contribution is -2.32. The van der Waals surface area contributed by atoms with E-state index in [2.05, 4.69) is 10.5 Å². The fraction of sp³-hybridized carbons (Fsp3) is 0.467. The zero-order valence-corrected chi connectivity index (χ0v) is 13.6. The third-order valence-electron chi connectivity index (χ3n) is 2.79. The molecule has 1 heterocycles. The van der Waals surface area contributed by atoms with E-state index in [0.717, 1.165) is 15.8 Å². The molecule has 120 valence electrons. The SMILES string of the molecule is CC(C)(C)OC(=O)NOCCC(O)c1ccc2scnc2c1. The van der Waals surface area contributed by atoms with Crippen molar-refractivity contribution in [3.8, 4) is 0 Å². The van der Waals surface area contributed by atoms with Gasteiger partial charge in [-0.25, -0.2) is 9.78 Å². The van der Waals surface area contributed by atoms with Gasteiger partial charge in [-0.05, 0) is 38.5 Å². The molecule has 1 atom stereocenters. The molecule has 0 aliphatic heterocycles. The van der Waals surface area contributed by atoms with Crippen LogP contribution in [-0.2, 0) is 9.57 Å². The lowest BCUT2D eigenvalue weighted by Gasteiger charge is -2.19. The highest BCUT2D eigenvalue weighted by molar-refractivity contribution is 7.16. The molecule has 1 amide bonds. The second-order valence-electron chi connectivity index (χ2n) is 5.84. The summed E-state index contributed by atoms with van der Waals surface area (Å²) in [5.41, 5.74) is 5.03. The molecule has 0 saturated carbocycles. The van der Waals surface area contributed by atoms with Crippen LogP contribution in [0.4, 0.5) is 4.79 Å². The number of aliphatic hydroxyl groups excluding tert-OH is 1. The second kappa shape index (κ2) is 7.04. The summed E-state index contributed by atoms with van der Waals surface area (Å²) in [6.07, 6.45) is -0.969. The van der Waals surface area contributed by atoms with Crippen LogP contribution in [-0.4, -0.2) is 28.4 Å². The van der Waals surface area contributed by atoms with Crippen molar-refractivity contribution in [1.82, 2.24) is 10.5 Å². The van der Waals surface area contributed by atoms with Crippen LogP contribution in [0.5, 0.6) is 0 Å². The van der Waals surface area contributed by atoms with Crippen LogP contribution in [0.3, 0.4) is 0 Å². The summed E-state index contributed by atoms with van der Waals surface area (Å²) < 4.78 is 6.11. The largest absolute Gasteiger partial charge is 0.442 e. The first-order valence-electron chi connectivity index (χ1n) is 6.97.